The van der Waals surface area contributed by atoms with Gasteiger partial charge in [-0.05, 0) is 50.2 Å². The number of carbonyl (C=O) groups is 1. The van der Waals surface area contributed by atoms with Crippen LogP contribution in [0, 0.1) is 0 Å². The molecule has 2 aliphatic rings. The summed E-state index contributed by atoms with van der Waals surface area (Å²) in [5, 5.41) is 0. The summed E-state index contributed by atoms with van der Waals surface area (Å²) in [6.07, 6.45) is 2.63. The fourth-order valence-electron chi connectivity index (χ4n) is 4.10. The molecule has 27 heavy (non-hydrogen) atoms. The molecule has 5 heteroatoms. The van der Waals surface area contributed by atoms with Gasteiger partial charge < -0.3 is 19.4 Å². The van der Waals surface area contributed by atoms with Crippen molar-refractivity contribution in [2.45, 2.75) is 12.8 Å². The molecule has 142 valence electrons. The molecule has 0 aromatic heterocycles. The molecule has 0 saturated carbocycles. The normalized spacial score (nSPS) is 17.1. The zero-order valence-corrected chi connectivity index (χ0v) is 15.9. The van der Waals surface area contributed by atoms with E-state index < -0.39 is 0 Å². The number of rotatable bonds is 5. The third-order valence-corrected chi connectivity index (χ3v) is 5.57. The number of nitrogens with zero attached hydrogens (tertiary/aromatic N) is 3. The Bertz CT molecular complexity index is 802. The molecule has 2 aromatic carbocycles. The smallest absolute Gasteiger partial charge is 0.262 e. The number of likely N-dealkylation sites (tertiary alicyclic amines) is 1. The second kappa shape index (κ2) is 8.01. The summed E-state index contributed by atoms with van der Waals surface area (Å²) < 4.78 is 5.40. The van der Waals surface area contributed by atoms with Crippen LogP contribution in [0.2, 0.25) is 0 Å². The minimum absolute atomic E-state index is 0.000840. The second-order valence-corrected chi connectivity index (χ2v) is 7.18. The van der Waals surface area contributed by atoms with E-state index in [0.717, 1.165) is 31.0 Å². The maximum Gasteiger partial charge on any atom is 0.262 e. The van der Waals surface area contributed by atoms with Gasteiger partial charge in [0.25, 0.3) is 5.91 Å². The zero-order chi connectivity index (χ0) is 18.6. The van der Waals surface area contributed by atoms with Gasteiger partial charge in [0.05, 0.1) is 24.0 Å². The predicted molar refractivity (Wildman–Crippen MR) is 109 cm³/mol. The van der Waals surface area contributed by atoms with E-state index in [1.54, 1.807) is 7.11 Å². The van der Waals surface area contributed by atoms with Crippen LogP contribution in [0.5, 0.6) is 5.75 Å². The largest absolute Gasteiger partial charge is 0.496 e. The molecule has 0 bridgehead atoms. The molecule has 2 heterocycles. The number of methoxy groups -OCH3 is 1. The van der Waals surface area contributed by atoms with E-state index >= 15 is 0 Å². The van der Waals surface area contributed by atoms with Crippen molar-refractivity contribution in [3.8, 4) is 5.75 Å². The Kier molecular flexibility index (Phi) is 5.30. The molecule has 0 radical (unpaired) electrons. The highest BCUT2D eigenvalue weighted by atomic mass is 16.5. The van der Waals surface area contributed by atoms with Crippen molar-refractivity contribution in [2.75, 3.05) is 56.2 Å². The highest BCUT2D eigenvalue weighted by Crippen LogP contribution is 2.34. The summed E-state index contributed by atoms with van der Waals surface area (Å²) in [6.45, 7) is 6.07. The summed E-state index contributed by atoms with van der Waals surface area (Å²) in [7, 11) is 1.61. The van der Waals surface area contributed by atoms with Gasteiger partial charge in [-0.25, -0.2) is 0 Å². The first-order valence-corrected chi connectivity index (χ1v) is 9.79. The summed E-state index contributed by atoms with van der Waals surface area (Å²) >= 11 is 0. The Balaban J connectivity index is 1.56. The standard InChI is InChI=1S/C22H27N3O2/c1-27-21-11-5-2-8-18(21)22(26)25-17-16-24(15-14-23-12-6-7-13-23)19-9-3-4-10-20(19)25/h2-5,8-11H,6-7,12-17H2,1H3. The van der Waals surface area contributed by atoms with Crippen LogP contribution in [-0.2, 0) is 0 Å². The number of amides is 1. The third-order valence-electron chi connectivity index (χ3n) is 5.57. The number of hydrogen-bond acceptors (Lipinski definition) is 4. The van der Waals surface area contributed by atoms with Crippen LogP contribution in [0.3, 0.4) is 0 Å². The summed E-state index contributed by atoms with van der Waals surface area (Å²) in [5.41, 5.74) is 2.74. The third kappa shape index (κ3) is 3.65. The summed E-state index contributed by atoms with van der Waals surface area (Å²) in [5.74, 6) is 0.621. The Morgan fingerprint density at radius 2 is 1.59 bits per heavy atom. The van der Waals surface area contributed by atoms with Crippen molar-refractivity contribution < 1.29 is 9.53 Å². The van der Waals surface area contributed by atoms with Crippen LogP contribution in [-0.4, -0.2) is 57.2 Å². The van der Waals surface area contributed by atoms with Gasteiger partial charge in [-0.3, -0.25) is 4.79 Å². The van der Waals surface area contributed by atoms with Crippen molar-refractivity contribution in [3.63, 3.8) is 0 Å². The second-order valence-electron chi connectivity index (χ2n) is 7.18. The van der Waals surface area contributed by atoms with Gasteiger partial charge >= 0.3 is 0 Å². The maximum absolute atomic E-state index is 13.2. The fourth-order valence-corrected chi connectivity index (χ4v) is 4.10. The van der Waals surface area contributed by atoms with Crippen LogP contribution in [0.1, 0.15) is 23.2 Å². The molecule has 2 aromatic rings. The van der Waals surface area contributed by atoms with Gasteiger partial charge in [-0.2, -0.15) is 0 Å². The fraction of sp³-hybridized carbons (Fsp3) is 0.409. The van der Waals surface area contributed by atoms with Gasteiger partial charge in [-0.1, -0.05) is 24.3 Å². The Labute approximate surface area is 161 Å². The highest BCUT2D eigenvalue weighted by molar-refractivity contribution is 6.10. The van der Waals surface area contributed by atoms with Crippen molar-refractivity contribution in [2.24, 2.45) is 0 Å². The van der Waals surface area contributed by atoms with Crippen LogP contribution >= 0.6 is 0 Å². The highest BCUT2D eigenvalue weighted by Gasteiger charge is 2.28. The first-order chi connectivity index (χ1) is 13.3. The molecule has 1 saturated heterocycles. The van der Waals surface area contributed by atoms with Gasteiger partial charge in [0.2, 0.25) is 0 Å². The number of carbonyl (C=O) groups excluding carboxylic acids is 1. The minimum Gasteiger partial charge on any atom is -0.496 e. The molecule has 0 spiro atoms. The molecule has 1 fully saturated rings. The molecule has 4 rings (SSSR count). The van der Waals surface area contributed by atoms with E-state index in [2.05, 4.69) is 21.9 Å². The van der Waals surface area contributed by atoms with E-state index in [9.17, 15) is 4.79 Å². The average molecular weight is 365 g/mol. The van der Waals surface area contributed by atoms with E-state index in [1.807, 2.05) is 41.3 Å². The monoisotopic (exact) mass is 365 g/mol. The van der Waals surface area contributed by atoms with E-state index in [1.165, 1.54) is 25.9 Å². The Morgan fingerprint density at radius 3 is 2.37 bits per heavy atom. The summed E-state index contributed by atoms with van der Waals surface area (Å²) in [4.78, 5) is 20.1. The number of fused-ring (bicyclic) bond motifs is 1. The van der Waals surface area contributed by atoms with E-state index in [0.29, 0.717) is 17.9 Å². The molecule has 0 N–H and O–H groups in total. The van der Waals surface area contributed by atoms with Crippen molar-refractivity contribution in [3.05, 3.63) is 54.1 Å². The van der Waals surface area contributed by atoms with Gasteiger partial charge in [0.1, 0.15) is 5.75 Å². The Hall–Kier alpha value is -2.53. The lowest BCUT2D eigenvalue weighted by Gasteiger charge is -2.38. The molecule has 0 atom stereocenters. The average Bonchev–Trinajstić information content (AvgIpc) is 3.25. The molecule has 1 amide bonds. The number of anilines is 2. The van der Waals surface area contributed by atoms with Crippen LogP contribution < -0.4 is 14.5 Å². The lowest BCUT2D eigenvalue weighted by molar-refractivity contribution is 0.0983. The van der Waals surface area contributed by atoms with Gasteiger partial charge in [0, 0.05) is 26.2 Å². The minimum atomic E-state index is -0.000840. The predicted octanol–water partition coefficient (Wildman–Crippen LogP) is 3.26. The van der Waals surface area contributed by atoms with Crippen molar-refractivity contribution in [1.82, 2.24) is 4.90 Å². The molecular formula is C22H27N3O2. The van der Waals surface area contributed by atoms with Crippen molar-refractivity contribution in [1.29, 1.82) is 0 Å². The van der Waals surface area contributed by atoms with Crippen LogP contribution in [0.15, 0.2) is 48.5 Å². The topological polar surface area (TPSA) is 36.0 Å². The van der Waals surface area contributed by atoms with E-state index in [-0.39, 0.29) is 5.91 Å². The van der Waals surface area contributed by atoms with Crippen LogP contribution in [0.4, 0.5) is 11.4 Å². The van der Waals surface area contributed by atoms with Gasteiger partial charge in [0.15, 0.2) is 0 Å². The molecule has 0 aliphatic carbocycles. The number of ether oxygens (including phenoxy) is 1. The number of hydrogen-bond donors (Lipinski definition) is 0. The molecule has 0 unspecified atom stereocenters. The number of para-hydroxylation sites is 3. The lowest BCUT2D eigenvalue weighted by Crippen LogP contribution is -2.46. The summed E-state index contributed by atoms with van der Waals surface area (Å²) in [6, 6.07) is 15.7. The molecular weight excluding hydrogens is 338 g/mol. The van der Waals surface area contributed by atoms with Gasteiger partial charge in [-0.15, -0.1) is 0 Å². The first kappa shape index (κ1) is 17.9. The maximum atomic E-state index is 13.2. The quantitative estimate of drug-likeness (QED) is 0.815. The van der Waals surface area contributed by atoms with Crippen molar-refractivity contribution >= 4 is 17.3 Å². The zero-order valence-electron chi connectivity index (χ0n) is 15.9. The molecule has 2 aliphatic heterocycles. The SMILES string of the molecule is COc1ccccc1C(=O)N1CCN(CCN2CCCC2)c2ccccc21. The number of benzene rings is 2. The molecule has 5 nitrogen and oxygen atoms in total. The van der Waals surface area contributed by atoms with Crippen LogP contribution in [0.25, 0.3) is 0 Å². The Morgan fingerprint density at radius 1 is 0.889 bits per heavy atom. The van der Waals surface area contributed by atoms with E-state index in [4.69, 9.17) is 4.74 Å². The first-order valence-electron chi connectivity index (χ1n) is 9.79. The lowest BCUT2D eigenvalue weighted by atomic mass is 10.1.